The molecule has 8 nitrogen and oxygen atoms in total. The molecular formula is C4H6N8. The Morgan fingerprint density at radius 1 is 1.00 bits per heavy atom. The Balaban J connectivity index is 2.36. The Labute approximate surface area is 67.9 Å². The summed E-state index contributed by atoms with van der Waals surface area (Å²) in [5.41, 5.74) is 0. The molecule has 12 heavy (non-hydrogen) atoms. The first-order chi connectivity index (χ1) is 5.79. The molecule has 2 aliphatic heterocycles. The second kappa shape index (κ2) is 2.32. The lowest BCUT2D eigenvalue weighted by Crippen LogP contribution is -2.26. The van der Waals surface area contributed by atoms with E-state index < -0.39 is 0 Å². The van der Waals surface area contributed by atoms with Crippen LogP contribution in [0.25, 0.3) is 0 Å². The summed E-state index contributed by atoms with van der Waals surface area (Å²) in [4.78, 5) is 0. The van der Waals surface area contributed by atoms with E-state index in [1.807, 2.05) is 0 Å². The molecule has 0 saturated carbocycles. The summed E-state index contributed by atoms with van der Waals surface area (Å²) < 4.78 is 0. The predicted molar refractivity (Wildman–Crippen MR) is 37.1 cm³/mol. The Morgan fingerprint density at radius 2 is 1.67 bits per heavy atom. The van der Waals surface area contributed by atoms with Crippen LogP contribution in [0.2, 0.25) is 0 Å². The third-order valence-corrected chi connectivity index (χ3v) is 1.53. The molecule has 62 valence electrons. The third kappa shape index (κ3) is 0.847. The number of nitrogens with zero attached hydrogens (tertiary/aromatic N) is 8. The van der Waals surface area contributed by atoms with Crippen molar-refractivity contribution in [3.63, 3.8) is 0 Å². The lowest BCUT2D eigenvalue weighted by atomic mass is 10.6. The number of hydrogen-bond donors (Lipinski definition) is 0. The molecule has 0 atom stereocenters. The second-order valence-corrected chi connectivity index (χ2v) is 2.23. The maximum Gasteiger partial charge on any atom is 0.246 e. The molecule has 2 aliphatic rings. The van der Waals surface area contributed by atoms with Crippen molar-refractivity contribution in [2.75, 3.05) is 14.1 Å². The Morgan fingerprint density at radius 3 is 2.17 bits per heavy atom. The molecule has 0 amide bonds. The fourth-order valence-electron chi connectivity index (χ4n) is 0.792. The summed E-state index contributed by atoms with van der Waals surface area (Å²) >= 11 is 0. The van der Waals surface area contributed by atoms with Crippen molar-refractivity contribution in [2.45, 2.75) is 0 Å². The van der Waals surface area contributed by atoms with Gasteiger partial charge in [0.05, 0.1) is 0 Å². The van der Waals surface area contributed by atoms with E-state index in [4.69, 9.17) is 0 Å². The number of hydrazine groups is 1. The van der Waals surface area contributed by atoms with E-state index in [0.717, 1.165) is 0 Å². The molecule has 0 aromatic heterocycles. The maximum atomic E-state index is 3.83. The summed E-state index contributed by atoms with van der Waals surface area (Å²) in [7, 11) is 3.56. The smallest absolute Gasteiger partial charge is 0.246 e. The van der Waals surface area contributed by atoms with Gasteiger partial charge in [0.25, 0.3) is 0 Å². The van der Waals surface area contributed by atoms with E-state index in [1.54, 1.807) is 24.2 Å². The SMILES string of the molecule is CN1N=NC(=C2N=NN=N2)N1C. The first-order valence-corrected chi connectivity index (χ1v) is 3.24. The van der Waals surface area contributed by atoms with Crippen LogP contribution in [0, 0.1) is 0 Å². The van der Waals surface area contributed by atoms with Crippen molar-refractivity contribution in [3.05, 3.63) is 11.6 Å². The Hall–Kier alpha value is -1.86. The Kier molecular flexibility index (Phi) is 1.32. The van der Waals surface area contributed by atoms with Crippen molar-refractivity contribution in [2.24, 2.45) is 31.0 Å². The maximum absolute atomic E-state index is 3.83. The minimum atomic E-state index is 0.380. The van der Waals surface area contributed by atoms with Gasteiger partial charge in [0.1, 0.15) is 0 Å². The fraction of sp³-hybridized carbons (Fsp3) is 0.500. The van der Waals surface area contributed by atoms with E-state index in [1.165, 1.54) is 0 Å². The van der Waals surface area contributed by atoms with Gasteiger partial charge < -0.3 is 0 Å². The van der Waals surface area contributed by atoms with E-state index >= 15 is 0 Å². The van der Waals surface area contributed by atoms with Crippen molar-refractivity contribution in [1.82, 2.24) is 10.1 Å². The molecule has 0 saturated heterocycles. The van der Waals surface area contributed by atoms with Crippen LogP contribution in [0.5, 0.6) is 0 Å². The van der Waals surface area contributed by atoms with Crippen LogP contribution in [-0.4, -0.2) is 24.2 Å². The first-order valence-electron chi connectivity index (χ1n) is 3.24. The van der Waals surface area contributed by atoms with Crippen LogP contribution in [0.4, 0.5) is 0 Å². The molecule has 0 unspecified atom stereocenters. The molecule has 0 aromatic rings. The van der Waals surface area contributed by atoms with Crippen LogP contribution in [0.15, 0.2) is 42.7 Å². The molecule has 0 radical (unpaired) electrons. The highest BCUT2D eigenvalue weighted by Crippen LogP contribution is 2.23. The second-order valence-electron chi connectivity index (χ2n) is 2.23. The molecule has 0 fully saturated rings. The van der Waals surface area contributed by atoms with Crippen LogP contribution in [-0.2, 0) is 0 Å². The number of hydrogen-bond acceptors (Lipinski definition) is 8. The van der Waals surface area contributed by atoms with Gasteiger partial charge in [0.2, 0.25) is 11.6 Å². The van der Waals surface area contributed by atoms with Crippen LogP contribution < -0.4 is 0 Å². The molecule has 2 rings (SSSR count). The largest absolute Gasteiger partial charge is 0.249 e. The molecule has 2 heterocycles. The van der Waals surface area contributed by atoms with Crippen molar-refractivity contribution in [1.29, 1.82) is 0 Å². The molecular weight excluding hydrogens is 160 g/mol. The van der Waals surface area contributed by atoms with Gasteiger partial charge in [-0.25, -0.2) is 5.01 Å². The van der Waals surface area contributed by atoms with E-state index in [-0.39, 0.29) is 0 Å². The van der Waals surface area contributed by atoms with Crippen LogP contribution >= 0.6 is 0 Å². The molecule has 0 aromatic carbocycles. The van der Waals surface area contributed by atoms with Crippen LogP contribution in [0.3, 0.4) is 0 Å². The van der Waals surface area contributed by atoms with Crippen molar-refractivity contribution < 1.29 is 0 Å². The molecule has 0 aliphatic carbocycles. The standard InChI is InChI=1S/C4H6N8/c1-11-4(7-10-12(11)2)3-5-8-9-6-3/h1-2H3. The predicted octanol–water partition coefficient (Wildman–Crippen LogP) is 1.11. The summed E-state index contributed by atoms with van der Waals surface area (Å²) in [6.07, 6.45) is 0. The molecule has 0 bridgehead atoms. The monoisotopic (exact) mass is 166 g/mol. The van der Waals surface area contributed by atoms with Gasteiger partial charge in [-0.3, -0.25) is 0 Å². The van der Waals surface area contributed by atoms with Gasteiger partial charge in [0.15, 0.2) is 0 Å². The van der Waals surface area contributed by atoms with Gasteiger partial charge >= 0.3 is 0 Å². The minimum absolute atomic E-state index is 0.380. The highest BCUT2D eigenvalue weighted by Gasteiger charge is 2.21. The fourth-order valence-corrected chi connectivity index (χ4v) is 0.792. The average Bonchev–Trinajstić information content (AvgIpc) is 2.64. The highest BCUT2D eigenvalue weighted by molar-refractivity contribution is 5.08. The molecule has 0 N–H and O–H groups in total. The topological polar surface area (TPSA) is 80.6 Å². The van der Waals surface area contributed by atoms with Crippen LogP contribution in [0.1, 0.15) is 0 Å². The lowest BCUT2D eigenvalue weighted by Gasteiger charge is -2.17. The third-order valence-electron chi connectivity index (χ3n) is 1.53. The van der Waals surface area contributed by atoms with Gasteiger partial charge in [0, 0.05) is 14.1 Å². The minimum Gasteiger partial charge on any atom is -0.249 e. The summed E-state index contributed by atoms with van der Waals surface area (Å²) in [5, 5.41) is 24.8. The van der Waals surface area contributed by atoms with Crippen molar-refractivity contribution >= 4 is 0 Å². The van der Waals surface area contributed by atoms with Gasteiger partial charge in [-0.15, -0.1) is 15.3 Å². The van der Waals surface area contributed by atoms with Gasteiger partial charge in [-0.05, 0) is 15.7 Å². The summed E-state index contributed by atoms with van der Waals surface area (Å²) in [6, 6.07) is 0. The normalized spacial score (nSPS) is 20.5. The van der Waals surface area contributed by atoms with Crippen molar-refractivity contribution in [3.8, 4) is 0 Å². The van der Waals surface area contributed by atoms with Gasteiger partial charge in [-0.1, -0.05) is 0 Å². The highest BCUT2D eigenvalue weighted by atomic mass is 15.9. The van der Waals surface area contributed by atoms with E-state index in [9.17, 15) is 0 Å². The molecule has 8 heteroatoms. The summed E-state index contributed by atoms with van der Waals surface area (Å²) in [6.45, 7) is 0. The Bertz CT molecular complexity index is 297. The zero-order valence-electron chi connectivity index (χ0n) is 6.58. The van der Waals surface area contributed by atoms with E-state index in [0.29, 0.717) is 11.6 Å². The lowest BCUT2D eigenvalue weighted by molar-refractivity contribution is 0.0931. The quantitative estimate of drug-likeness (QED) is 0.540. The molecule has 0 spiro atoms. The number of rotatable bonds is 0. The van der Waals surface area contributed by atoms with Gasteiger partial charge in [-0.2, -0.15) is 5.12 Å². The zero-order chi connectivity index (χ0) is 8.55. The zero-order valence-corrected chi connectivity index (χ0v) is 6.58. The first kappa shape index (κ1) is 6.83. The van der Waals surface area contributed by atoms with E-state index in [2.05, 4.69) is 31.0 Å². The average molecular weight is 166 g/mol. The summed E-state index contributed by atoms with van der Waals surface area (Å²) in [5.74, 6) is 0.924.